The molecule has 1 amide bonds. The lowest BCUT2D eigenvalue weighted by Gasteiger charge is -2.11. The van der Waals surface area contributed by atoms with Crippen molar-refractivity contribution in [3.05, 3.63) is 69.5 Å². The number of para-hydroxylation sites is 2. The van der Waals surface area contributed by atoms with Crippen LogP contribution in [0.1, 0.15) is 4.88 Å². The first-order chi connectivity index (χ1) is 12.2. The first kappa shape index (κ1) is 15.3. The van der Waals surface area contributed by atoms with Gasteiger partial charge in [0.2, 0.25) is 5.91 Å². The molecule has 7 nitrogen and oxygen atoms in total. The van der Waals surface area contributed by atoms with Gasteiger partial charge < -0.3 is 10.3 Å². The van der Waals surface area contributed by atoms with E-state index in [0.717, 1.165) is 4.88 Å². The van der Waals surface area contributed by atoms with Gasteiger partial charge in [-0.2, -0.15) is 5.10 Å². The number of rotatable bonds is 4. The zero-order valence-electron chi connectivity index (χ0n) is 13.0. The number of amides is 1. The number of carbonyl (C=O) groups excluding carboxylic acids is 1. The van der Waals surface area contributed by atoms with Gasteiger partial charge in [-0.05, 0) is 23.6 Å². The number of nitrogens with zero attached hydrogens (tertiary/aromatic N) is 3. The maximum Gasteiger partial charge on any atom is 0.261 e. The molecule has 0 unspecified atom stereocenters. The highest BCUT2D eigenvalue weighted by atomic mass is 32.1. The average molecular weight is 351 g/mol. The topological polar surface area (TPSA) is 92.7 Å². The van der Waals surface area contributed by atoms with Gasteiger partial charge in [-0.3, -0.25) is 9.59 Å². The van der Waals surface area contributed by atoms with Crippen LogP contribution in [0.25, 0.3) is 16.7 Å². The second-order valence-electron chi connectivity index (χ2n) is 5.35. The first-order valence-corrected chi connectivity index (χ1v) is 8.43. The highest BCUT2D eigenvalue weighted by molar-refractivity contribution is 7.10. The van der Waals surface area contributed by atoms with E-state index in [-0.39, 0.29) is 11.5 Å². The third-order valence-corrected chi connectivity index (χ3v) is 4.57. The molecule has 0 fully saturated rings. The van der Waals surface area contributed by atoms with E-state index in [1.807, 2.05) is 35.7 Å². The monoisotopic (exact) mass is 351 g/mol. The van der Waals surface area contributed by atoms with E-state index >= 15 is 0 Å². The summed E-state index contributed by atoms with van der Waals surface area (Å²) >= 11 is 1.54. The number of aromatic nitrogens is 4. The van der Waals surface area contributed by atoms with Crippen molar-refractivity contribution in [1.29, 1.82) is 0 Å². The van der Waals surface area contributed by atoms with E-state index in [2.05, 4.69) is 20.4 Å². The molecule has 0 saturated heterocycles. The second kappa shape index (κ2) is 6.33. The molecule has 0 bridgehead atoms. The van der Waals surface area contributed by atoms with Crippen molar-refractivity contribution < 1.29 is 4.79 Å². The van der Waals surface area contributed by atoms with E-state index in [1.54, 1.807) is 22.1 Å². The zero-order valence-corrected chi connectivity index (χ0v) is 13.8. The van der Waals surface area contributed by atoms with Crippen molar-refractivity contribution in [1.82, 2.24) is 19.7 Å². The molecule has 1 aromatic carbocycles. The Morgan fingerprint density at radius 1 is 1.24 bits per heavy atom. The molecular formula is C17H13N5O2S. The van der Waals surface area contributed by atoms with E-state index in [0.29, 0.717) is 28.8 Å². The standard InChI is InChI=1S/C17H13N5O2S/c23-15(8-11-4-3-7-25-11)21-13-5-1-2-6-14(13)22-16-12(9-20-22)17(24)19-10-18-16/h1-7,9-10H,8H2,(H,21,23)(H,18,19,24). The van der Waals surface area contributed by atoms with Crippen LogP contribution in [0.3, 0.4) is 0 Å². The van der Waals surface area contributed by atoms with Crippen LogP contribution in [0, 0.1) is 0 Å². The summed E-state index contributed by atoms with van der Waals surface area (Å²) in [6, 6.07) is 11.1. The molecular weight excluding hydrogens is 338 g/mol. The summed E-state index contributed by atoms with van der Waals surface area (Å²) in [4.78, 5) is 31.9. The summed E-state index contributed by atoms with van der Waals surface area (Å²) in [6.07, 6.45) is 3.11. The van der Waals surface area contributed by atoms with E-state index in [4.69, 9.17) is 0 Å². The van der Waals surface area contributed by atoms with Gasteiger partial charge in [-0.15, -0.1) is 11.3 Å². The Hall–Kier alpha value is -3.26. The molecule has 4 rings (SSSR count). The summed E-state index contributed by atoms with van der Waals surface area (Å²) in [6.45, 7) is 0. The lowest BCUT2D eigenvalue weighted by Crippen LogP contribution is -2.16. The lowest BCUT2D eigenvalue weighted by atomic mass is 10.2. The molecule has 2 N–H and O–H groups in total. The highest BCUT2D eigenvalue weighted by Gasteiger charge is 2.14. The maximum atomic E-state index is 12.3. The molecule has 0 saturated carbocycles. The second-order valence-corrected chi connectivity index (χ2v) is 6.38. The third-order valence-electron chi connectivity index (χ3n) is 3.69. The molecule has 0 atom stereocenters. The zero-order chi connectivity index (χ0) is 17.2. The Balaban J connectivity index is 1.70. The Morgan fingerprint density at radius 3 is 2.96 bits per heavy atom. The van der Waals surface area contributed by atoms with Crippen LogP contribution in [0.5, 0.6) is 0 Å². The van der Waals surface area contributed by atoms with Gasteiger partial charge in [-0.25, -0.2) is 9.67 Å². The molecule has 8 heteroatoms. The van der Waals surface area contributed by atoms with Crippen molar-refractivity contribution >= 4 is 34.0 Å². The van der Waals surface area contributed by atoms with Gasteiger partial charge in [0, 0.05) is 4.88 Å². The van der Waals surface area contributed by atoms with E-state index in [1.165, 1.54) is 12.5 Å². The smallest absolute Gasteiger partial charge is 0.261 e. The molecule has 0 aliphatic carbocycles. The van der Waals surface area contributed by atoms with Crippen molar-refractivity contribution in [2.45, 2.75) is 6.42 Å². The molecule has 0 spiro atoms. The Bertz CT molecular complexity index is 1100. The normalized spacial score (nSPS) is 10.9. The van der Waals surface area contributed by atoms with Crippen molar-refractivity contribution in [2.24, 2.45) is 0 Å². The molecule has 124 valence electrons. The predicted molar refractivity (Wildman–Crippen MR) is 96.1 cm³/mol. The Morgan fingerprint density at radius 2 is 2.12 bits per heavy atom. The number of nitrogens with one attached hydrogen (secondary N) is 2. The summed E-state index contributed by atoms with van der Waals surface area (Å²) in [7, 11) is 0. The highest BCUT2D eigenvalue weighted by Crippen LogP contribution is 2.22. The number of anilines is 1. The molecule has 0 radical (unpaired) electrons. The van der Waals surface area contributed by atoms with Crippen LogP contribution in [0.4, 0.5) is 5.69 Å². The van der Waals surface area contributed by atoms with Crippen LogP contribution in [-0.2, 0) is 11.2 Å². The average Bonchev–Trinajstić information content (AvgIpc) is 3.26. The number of benzene rings is 1. The molecule has 4 aromatic rings. The number of hydrogen-bond acceptors (Lipinski definition) is 5. The fourth-order valence-corrected chi connectivity index (χ4v) is 3.27. The van der Waals surface area contributed by atoms with E-state index in [9.17, 15) is 9.59 Å². The summed E-state index contributed by atoms with van der Waals surface area (Å²) in [5.74, 6) is -0.114. The van der Waals surface area contributed by atoms with Crippen molar-refractivity contribution in [3.63, 3.8) is 0 Å². The molecule has 3 aromatic heterocycles. The molecule has 0 aliphatic heterocycles. The molecule has 0 aliphatic rings. The van der Waals surface area contributed by atoms with Crippen molar-refractivity contribution in [2.75, 3.05) is 5.32 Å². The minimum Gasteiger partial charge on any atom is -0.324 e. The number of carbonyl (C=O) groups is 1. The first-order valence-electron chi connectivity index (χ1n) is 7.55. The van der Waals surface area contributed by atoms with Gasteiger partial charge in [-0.1, -0.05) is 18.2 Å². The van der Waals surface area contributed by atoms with Crippen LogP contribution < -0.4 is 10.9 Å². The number of thiophene rings is 1. The lowest BCUT2D eigenvalue weighted by molar-refractivity contribution is -0.115. The minimum atomic E-state index is -0.254. The van der Waals surface area contributed by atoms with Gasteiger partial charge in [0.15, 0.2) is 5.65 Å². The third kappa shape index (κ3) is 2.94. The molecule has 3 heterocycles. The van der Waals surface area contributed by atoms with Gasteiger partial charge in [0.1, 0.15) is 5.39 Å². The quantitative estimate of drug-likeness (QED) is 0.590. The number of aromatic amines is 1. The summed E-state index contributed by atoms with van der Waals surface area (Å²) < 4.78 is 1.55. The van der Waals surface area contributed by atoms with Gasteiger partial charge in [0.05, 0.1) is 30.3 Å². The minimum absolute atomic E-state index is 0.114. The fraction of sp³-hybridized carbons (Fsp3) is 0.0588. The van der Waals surface area contributed by atoms with Gasteiger partial charge in [0.25, 0.3) is 5.56 Å². The number of hydrogen-bond donors (Lipinski definition) is 2. The Kier molecular flexibility index (Phi) is 3.87. The van der Waals surface area contributed by atoms with Crippen LogP contribution in [0.15, 0.2) is 59.1 Å². The van der Waals surface area contributed by atoms with Crippen LogP contribution >= 0.6 is 11.3 Å². The number of H-pyrrole nitrogens is 1. The van der Waals surface area contributed by atoms with Crippen LogP contribution in [-0.4, -0.2) is 25.7 Å². The predicted octanol–water partition coefficient (Wildman–Crippen LogP) is 2.35. The van der Waals surface area contributed by atoms with Gasteiger partial charge >= 0.3 is 0 Å². The van der Waals surface area contributed by atoms with Crippen LogP contribution in [0.2, 0.25) is 0 Å². The maximum absolute atomic E-state index is 12.3. The SMILES string of the molecule is O=C(Cc1cccs1)Nc1ccccc1-n1ncc2c(=O)[nH]cnc21. The van der Waals surface area contributed by atoms with E-state index < -0.39 is 0 Å². The fourth-order valence-electron chi connectivity index (χ4n) is 2.56. The molecule has 25 heavy (non-hydrogen) atoms. The Labute approximate surface area is 146 Å². The summed E-state index contributed by atoms with van der Waals surface area (Å²) in [5, 5.41) is 9.50. The summed E-state index contributed by atoms with van der Waals surface area (Å²) in [5.41, 5.74) is 1.44. The number of fused-ring (bicyclic) bond motifs is 1. The van der Waals surface area contributed by atoms with Crippen molar-refractivity contribution in [3.8, 4) is 5.69 Å². The largest absolute Gasteiger partial charge is 0.324 e.